The van der Waals surface area contributed by atoms with Crippen molar-refractivity contribution in [3.05, 3.63) is 179 Å². The van der Waals surface area contributed by atoms with Gasteiger partial charge in [0.2, 0.25) is 0 Å². The molecule has 9 rings (SSSR count). The first-order valence-electron chi connectivity index (χ1n) is 18.8. The molecule has 0 bridgehead atoms. The number of nitrogens with zero attached hydrogens (tertiary/aromatic N) is 6. The largest absolute Gasteiger partial charge is 0.441 e. The van der Waals surface area contributed by atoms with E-state index >= 15 is 0 Å². The van der Waals surface area contributed by atoms with Gasteiger partial charge in [-0.05, 0) is 90.6 Å². The molecule has 0 unspecified atom stereocenters. The number of oxazole rings is 3. The molecule has 0 radical (unpaired) electrons. The summed E-state index contributed by atoms with van der Waals surface area (Å²) in [4.78, 5) is 25.3. The lowest BCUT2D eigenvalue weighted by Crippen LogP contribution is -1.83. The number of para-hydroxylation sites is 2. The number of aromatic nitrogens is 6. The van der Waals surface area contributed by atoms with Gasteiger partial charge in [-0.3, -0.25) is 0 Å². The second-order valence-corrected chi connectivity index (χ2v) is 13.1. The summed E-state index contributed by atoms with van der Waals surface area (Å²) in [5.41, 5.74) is 5.55. The molecular formula is C48H33ClF2N6O3. The quantitative estimate of drug-likeness (QED) is 0.151. The Morgan fingerprint density at radius 2 is 0.967 bits per heavy atom. The van der Waals surface area contributed by atoms with Crippen molar-refractivity contribution in [2.75, 3.05) is 0 Å². The molecule has 3 aromatic carbocycles. The molecule has 0 atom stereocenters. The maximum Gasteiger partial charge on any atom is 0.196 e. The minimum absolute atomic E-state index is 0.209. The van der Waals surface area contributed by atoms with Gasteiger partial charge in [0.1, 0.15) is 39.4 Å². The monoisotopic (exact) mass is 814 g/mol. The van der Waals surface area contributed by atoms with Gasteiger partial charge in [-0.15, -0.1) is 0 Å². The Morgan fingerprint density at radius 1 is 0.483 bits per heavy atom. The van der Waals surface area contributed by atoms with E-state index in [0.717, 1.165) is 22.6 Å². The van der Waals surface area contributed by atoms with E-state index in [1.165, 1.54) is 18.2 Å². The van der Waals surface area contributed by atoms with Crippen LogP contribution in [0.3, 0.4) is 0 Å². The highest BCUT2D eigenvalue weighted by molar-refractivity contribution is 6.34. The van der Waals surface area contributed by atoms with Crippen LogP contribution in [0.25, 0.3) is 33.3 Å². The van der Waals surface area contributed by atoms with Crippen LogP contribution in [0.4, 0.5) is 8.78 Å². The van der Waals surface area contributed by atoms with Crippen LogP contribution in [0.5, 0.6) is 0 Å². The van der Waals surface area contributed by atoms with Crippen LogP contribution >= 0.6 is 11.6 Å². The Morgan fingerprint density at radius 3 is 1.47 bits per heavy atom. The predicted octanol–water partition coefficient (Wildman–Crippen LogP) is 10.6. The fraction of sp³-hybridized carbons (Fsp3) is 0.125. The van der Waals surface area contributed by atoms with Crippen molar-refractivity contribution in [1.82, 2.24) is 29.9 Å². The van der Waals surface area contributed by atoms with Gasteiger partial charge < -0.3 is 13.3 Å². The Hall–Kier alpha value is -7.65. The highest BCUT2D eigenvalue weighted by Crippen LogP contribution is 2.24. The maximum atomic E-state index is 13.4. The lowest BCUT2D eigenvalue weighted by molar-refractivity contribution is 0.507. The van der Waals surface area contributed by atoms with Gasteiger partial charge in [0.15, 0.2) is 40.2 Å². The smallest absolute Gasteiger partial charge is 0.196 e. The number of aryl methyl sites for hydroxylation is 3. The molecule has 0 fully saturated rings. The molecule has 0 N–H and O–H groups in total. The van der Waals surface area contributed by atoms with E-state index in [4.69, 9.17) is 24.9 Å². The third-order valence-electron chi connectivity index (χ3n) is 8.25. The molecule has 6 heterocycles. The van der Waals surface area contributed by atoms with Crippen LogP contribution in [0.2, 0.25) is 5.02 Å². The molecule has 294 valence electrons. The average Bonchev–Trinajstić information content (AvgIpc) is 4.02. The summed E-state index contributed by atoms with van der Waals surface area (Å²) in [6, 6.07) is 31.4. The first-order chi connectivity index (χ1) is 29.5. The normalized spacial score (nSPS) is 10.2. The molecule has 12 heteroatoms. The summed E-state index contributed by atoms with van der Waals surface area (Å²) in [5.74, 6) is 19.0. The van der Waals surface area contributed by atoms with Gasteiger partial charge >= 0.3 is 0 Å². The van der Waals surface area contributed by atoms with Crippen LogP contribution in [-0.2, 0) is 19.3 Å². The van der Waals surface area contributed by atoms with E-state index < -0.39 is 0 Å². The van der Waals surface area contributed by atoms with Gasteiger partial charge in [-0.2, -0.15) is 0 Å². The zero-order valence-electron chi connectivity index (χ0n) is 31.9. The van der Waals surface area contributed by atoms with Gasteiger partial charge in [0.05, 0.1) is 5.02 Å². The lowest BCUT2D eigenvalue weighted by Gasteiger charge is -1.89. The summed E-state index contributed by atoms with van der Waals surface area (Å²) in [6.07, 6.45) is 8.81. The standard InChI is InChI=1S/C16H11ClN2O.2C16H11FN2O/c2*17-13-8-5-9-14-16(13)20-15(19-14)10-2-1-6-12-7-3-4-11-18-12;17-12-8-9-14-15(11-12)20-16(19-14)7-2-1-5-13-6-3-4-10-18-13/h2*3-5,7-9,11H,2,10H2;3-4,6,8-11H,2,7H2. The van der Waals surface area contributed by atoms with Crippen LogP contribution < -0.4 is 0 Å². The van der Waals surface area contributed by atoms with Crippen molar-refractivity contribution in [1.29, 1.82) is 0 Å². The molecule has 0 spiro atoms. The van der Waals surface area contributed by atoms with Crippen molar-refractivity contribution in [3.8, 4) is 35.5 Å². The van der Waals surface area contributed by atoms with E-state index in [0.29, 0.717) is 83.4 Å². The van der Waals surface area contributed by atoms with Crippen LogP contribution in [-0.4, -0.2) is 29.9 Å². The van der Waals surface area contributed by atoms with Gasteiger partial charge in [-0.25, -0.2) is 38.7 Å². The predicted molar refractivity (Wildman–Crippen MR) is 225 cm³/mol. The molecule has 0 aliphatic heterocycles. The third kappa shape index (κ3) is 11.7. The second-order valence-electron chi connectivity index (χ2n) is 12.7. The zero-order chi connectivity index (χ0) is 41.4. The van der Waals surface area contributed by atoms with E-state index in [1.54, 1.807) is 42.9 Å². The van der Waals surface area contributed by atoms with E-state index in [1.807, 2.05) is 66.7 Å². The third-order valence-corrected chi connectivity index (χ3v) is 8.55. The molecule has 6 aromatic heterocycles. The van der Waals surface area contributed by atoms with Crippen LogP contribution in [0.15, 0.2) is 141 Å². The Bertz CT molecular complexity index is 2870. The van der Waals surface area contributed by atoms with Crippen LogP contribution in [0.1, 0.15) is 54.0 Å². The number of benzene rings is 3. The SMILES string of the molecule is Clc1cccc2nc(CCC#Cc3ccccn3)oc12.Fc1ccc2nc(CCC#Cc3ccccn3)oc2c1.Fc1cccc2nc(CCC#Cc3ccccn3)oc12. The Labute approximate surface area is 348 Å². The summed E-state index contributed by atoms with van der Waals surface area (Å²) in [5, 5.41) is 0.584. The van der Waals surface area contributed by atoms with E-state index in [2.05, 4.69) is 65.4 Å². The molecule has 0 saturated carbocycles. The van der Waals surface area contributed by atoms with Crippen LogP contribution in [0, 0.1) is 47.2 Å². The highest BCUT2D eigenvalue weighted by atomic mass is 35.5. The minimum Gasteiger partial charge on any atom is -0.441 e. The highest BCUT2D eigenvalue weighted by Gasteiger charge is 2.10. The number of halogens is 3. The number of pyridine rings is 3. The number of fused-ring (bicyclic) bond motifs is 3. The van der Waals surface area contributed by atoms with E-state index in [-0.39, 0.29) is 17.2 Å². The Kier molecular flexibility index (Phi) is 14.0. The van der Waals surface area contributed by atoms with Crippen molar-refractivity contribution < 1.29 is 22.0 Å². The van der Waals surface area contributed by atoms with Gasteiger partial charge in [0.25, 0.3) is 0 Å². The van der Waals surface area contributed by atoms with Crippen molar-refractivity contribution in [2.24, 2.45) is 0 Å². The molecule has 0 saturated heterocycles. The summed E-state index contributed by atoms with van der Waals surface area (Å²) in [6.45, 7) is 0. The number of hydrogen-bond acceptors (Lipinski definition) is 9. The fourth-order valence-corrected chi connectivity index (χ4v) is 5.68. The molecule has 9 nitrogen and oxygen atoms in total. The second kappa shape index (κ2) is 20.7. The van der Waals surface area contributed by atoms with Crippen molar-refractivity contribution in [3.63, 3.8) is 0 Å². The summed E-state index contributed by atoms with van der Waals surface area (Å²) < 4.78 is 42.9. The number of rotatable bonds is 6. The molecule has 9 aromatic rings. The lowest BCUT2D eigenvalue weighted by atomic mass is 10.3. The minimum atomic E-state index is -0.388. The Balaban J connectivity index is 0.000000136. The number of hydrogen-bond donors (Lipinski definition) is 0. The van der Waals surface area contributed by atoms with Crippen molar-refractivity contribution in [2.45, 2.75) is 38.5 Å². The van der Waals surface area contributed by atoms with Crippen molar-refractivity contribution >= 4 is 44.9 Å². The van der Waals surface area contributed by atoms with Gasteiger partial charge in [0, 0.05) is 63.2 Å². The average molecular weight is 815 g/mol. The first-order valence-corrected chi connectivity index (χ1v) is 19.2. The maximum absolute atomic E-state index is 13.4. The molecule has 0 aliphatic carbocycles. The topological polar surface area (TPSA) is 117 Å². The first kappa shape index (κ1) is 40.5. The molecule has 60 heavy (non-hydrogen) atoms. The molecule has 0 aliphatic rings. The molecular weight excluding hydrogens is 782 g/mol. The zero-order valence-corrected chi connectivity index (χ0v) is 32.7. The fourth-order valence-electron chi connectivity index (χ4n) is 5.47. The van der Waals surface area contributed by atoms with Gasteiger partial charge in [-0.1, -0.05) is 59.7 Å². The molecule has 0 amide bonds. The summed E-state index contributed by atoms with van der Waals surface area (Å²) in [7, 11) is 0. The summed E-state index contributed by atoms with van der Waals surface area (Å²) >= 11 is 6.04. The van der Waals surface area contributed by atoms with E-state index in [9.17, 15) is 8.78 Å².